The fourth-order valence-corrected chi connectivity index (χ4v) is 4.49. The third-order valence-corrected chi connectivity index (χ3v) is 6.31. The van der Waals surface area contributed by atoms with Crippen LogP contribution in [0.5, 0.6) is 0 Å². The summed E-state index contributed by atoms with van der Waals surface area (Å²) in [6.07, 6.45) is 2.54. The number of nitro benzene ring substituents is 2. The average Bonchev–Trinajstić information content (AvgIpc) is 3.12. The van der Waals surface area contributed by atoms with Gasteiger partial charge >= 0.3 is 0 Å². The van der Waals surface area contributed by atoms with Crippen molar-refractivity contribution in [3.05, 3.63) is 79.9 Å². The van der Waals surface area contributed by atoms with E-state index in [2.05, 4.69) is 0 Å². The molecule has 12 heteroatoms. The second kappa shape index (κ2) is 9.41. The van der Waals surface area contributed by atoms with Gasteiger partial charge in [0.25, 0.3) is 29.1 Å². The summed E-state index contributed by atoms with van der Waals surface area (Å²) in [7, 11) is 0. The number of hydrogen-bond donors (Lipinski definition) is 0. The third kappa shape index (κ3) is 4.50. The number of hydrazine groups is 1. The number of nitrogens with zero attached hydrogens (tertiary/aromatic N) is 4. The minimum atomic E-state index is -0.851. The molecule has 1 aliphatic carbocycles. The summed E-state index contributed by atoms with van der Waals surface area (Å²) in [6, 6.07) is 9.30. The number of non-ortho nitro benzene ring substituents is 2. The van der Waals surface area contributed by atoms with E-state index in [1.807, 2.05) is 0 Å². The Bertz CT molecular complexity index is 1200. The van der Waals surface area contributed by atoms with Gasteiger partial charge in [0.15, 0.2) is 5.78 Å². The van der Waals surface area contributed by atoms with Gasteiger partial charge in [-0.05, 0) is 37.1 Å². The number of carbonyl (C=O) groups excluding carboxylic acids is 4. The highest BCUT2D eigenvalue weighted by Gasteiger charge is 2.51. The zero-order valence-corrected chi connectivity index (χ0v) is 18.4. The first-order valence-corrected chi connectivity index (χ1v) is 10.9. The van der Waals surface area contributed by atoms with E-state index in [9.17, 15) is 39.4 Å². The first-order chi connectivity index (χ1) is 16.7. The Morgan fingerprint density at radius 1 is 0.800 bits per heavy atom. The molecular formula is C23H20N4O8. The van der Waals surface area contributed by atoms with Crippen LogP contribution in [0.2, 0.25) is 0 Å². The number of amides is 3. The monoisotopic (exact) mass is 480 g/mol. The van der Waals surface area contributed by atoms with Crippen LogP contribution in [0, 0.1) is 32.1 Å². The summed E-state index contributed by atoms with van der Waals surface area (Å²) in [5.41, 5.74) is -0.486. The van der Waals surface area contributed by atoms with E-state index in [0.717, 1.165) is 47.1 Å². The van der Waals surface area contributed by atoms with Gasteiger partial charge in [-0.1, -0.05) is 12.8 Å². The molecule has 0 aromatic heterocycles. The molecule has 2 fully saturated rings. The van der Waals surface area contributed by atoms with Gasteiger partial charge in [0.1, 0.15) is 6.54 Å². The zero-order chi connectivity index (χ0) is 25.3. The molecule has 0 unspecified atom stereocenters. The number of benzene rings is 2. The van der Waals surface area contributed by atoms with Crippen molar-refractivity contribution >= 4 is 34.9 Å². The molecule has 180 valence electrons. The number of fused-ring (bicyclic) bond motifs is 1. The van der Waals surface area contributed by atoms with Crippen LogP contribution in [0.1, 0.15) is 46.4 Å². The predicted octanol–water partition coefficient (Wildman–Crippen LogP) is 2.92. The van der Waals surface area contributed by atoms with Gasteiger partial charge in [-0.2, -0.15) is 5.01 Å². The Morgan fingerprint density at radius 2 is 1.23 bits per heavy atom. The predicted molar refractivity (Wildman–Crippen MR) is 119 cm³/mol. The number of carbonyl (C=O) groups is 4. The molecule has 2 aliphatic rings. The molecule has 2 aromatic rings. The second-order valence-corrected chi connectivity index (χ2v) is 8.38. The number of hydrogen-bond acceptors (Lipinski definition) is 8. The molecule has 1 heterocycles. The normalized spacial score (nSPS) is 19.3. The fraction of sp³-hybridized carbons (Fsp3) is 0.304. The lowest BCUT2D eigenvalue weighted by Gasteiger charge is -2.30. The van der Waals surface area contributed by atoms with Gasteiger partial charge in [-0.15, -0.1) is 0 Å². The first kappa shape index (κ1) is 23.7. The number of nitro groups is 2. The molecule has 12 nitrogen and oxygen atoms in total. The minimum Gasteiger partial charge on any atom is -0.292 e. The number of Topliss-reactive ketones (excluding diaryl/α,β-unsaturated/α-hetero) is 1. The molecule has 1 saturated carbocycles. The van der Waals surface area contributed by atoms with Gasteiger partial charge in [0, 0.05) is 35.4 Å². The van der Waals surface area contributed by atoms with E-state index in [-0.39, 0.29) is 22.5 Å². The Hall–Kier alpha value is -4.48. The smallest absolute Gasteiger partial charge is 0.273 e. The van der Waals surface area contributed by atoms with Crippen LogP contribution >= 0.6 is 0 Å². The lowest BCUT2D eigenvalue weighted by molar-refractivity contribution is -0.385. The van der Waals surface area contributed by atoms with Crippen molar-refractivity contribution in [1.29, 1.82) is 0 Å². The third-order valence-electron chi connectivity index (χ3n) is 6.31. The fourth-order valence-electron chi connectivity index (χ4n) is 4.49. The molecule has 4 rings (SSSR count). The molecular weight excluding hydrogens is 460 g/mol. The standard InChI is InChI=1S/C23H20N4O8/c28-20(14-5-9-16(10-6-14)26(32)33)13-24(21(29)15-7-11-17(12-8-15)27(34)35)25-22(30)18-3-1-2-4-19(18)23(25)31/h5-12,18-19H,1-4,13H2/t18-,19+. The molecule has 35 heavy (non-hydrogen) atoms. The molecule has 0 bridgehead atoms. The van der Waals surface area contributed by atoms with Gasteiger partial charge < -0.3 is 0 Å². The number of ketones is 1. The maximum absolute atomic E-state index is 13.4. The lowest BCUT2D eigenvalue weighted by atomic mass is 9.81. The molecule has 2 atom stereocenters. The molecule has 2 aromatic carbocycles. The Labute approximate surface area is 198 Å². The van der Waals surface area contributed by atoms with Crippen molar-refractivity contribution in [3.63, 3.8) is 0 Å². The molecule has 0 N–H and O–H groups in total. The van der Waals surface area contributed by atoms with E-state index >= 15 is 0 Å². The quantitative estimate of drug-likeness (QED) is 0.253. The van der Waals surface area contributed by atoms with E-state index in [0.29, 0.717) is 12.8 Å². The van der Waals surface area contributed by atoms with Crippen molar-refractivity contribution in [2.24, 2.45) is 11.8 Å². The molecule has 3 amide bonds. The van der Waals surface area contributed by atoms with Crippen LogP contribution in [0.4, 0.5) is 11.4 Å². The van der Waals surface area contributed by atoms with E-state index in [1.54, 1.807) is 0 Å². The summed E-state index contributed by atoms with van der Waals surface area (Å²) >= 11 is 0. The lowest BCUT2D eigenvalue weighted by Crippen LogP contribution is -2.52. The van der Waals surface area contributed by atoms with Gasteiger partial charge in [-0.25, -0.2) is 5.01 Å². The van der Waals surface area contributed by atoms with E-state index in [4.69, 9.17) is 0 Å². The number of imide groups is 1. The summed E-state index contributed by atoms with van der Waals surface area (Å²) < 4.78 is 0. The van der Waals surface area contributed by atoms with E-state index in [1.165, 1.54) is 24.3 Å². The van der Waals surface area contributed by atoms with Crippen molar-refractivity contribution in [1.82, 2.24) is 10.0 Å². The Kier molecular flexibility index (Phi) is 6.36. The second-order valence-electron chi connectivity index (χ2n) is 8.38. The molecule has 1 aliphatic heterocycles. The van der Waals surface area contributed by atoms with Crippen LogP contribution in [0.25, 0.3) is 0 Å². The molecule has 0 radical (unpaired) electrons. The van der Waals surface area contributed by atoms with Gasteiger partial charge in [0.05, 0.1) is 21.7 Å². The van der Waals surface area contributed by atoms with Crippen molar-refractivity contribution in [2.45, 2.75) is 25.7 Å². The van der Waals surface area contributed by atoms with Crippen LogP contribution in [-0.2, 0) is 9.59 Å². The Balaban J connectivity index is 1.67. The summed E-state index contributed by atoms with van der Waals surface area (Å²) in [5, 5.41) is 23.3. The first-order valence-electron chi connectivity index (χ1n) is 10.9. The maximum atomic E-state index is 13.4. The molecule has 1 saturated heterocycles. The van der Waals surface area contributed by atoms with Crippen molar-refractivity contribution in [3.8, 4) is 0 Å². The topological polar surface area (TPSA) is 161 Å². The molecule has 0 spiro atoms. The summed E-state index contributed by atoms with van der Waals surface area (Å²) in [4.78, 5) is 73.2. The minimum absolute atomic E-state index is 0.0496. The van der Waals surface area contributed by atoms with Gasteiger partial charge in [0.2, 0.25) is 0 Å². The van der Waals surface area contributed by atoms with Crippen LogP contribution < -0.4 is 0 Å². The Morgan fingerprint density at radius 3 is 1.66 bits per heavy atom. The summed E-state index contributed by atoms with van der Waals surface area (Å²) in [6.45, 7) is -0.676. The van der Waals surface area contributed by atoms with Crippen molar-refractivity contribution < 1.29 is 29.0 Å². The largest absolute Gasteiger partial charge is 0.292 e. The SMILES string of the molecule is O=C(CN(C(=O)c1ccc([N+](=O)[O-])cc1)N1C(=O)[C@H]2CCCC[C@H]2C1=O)c1ccc([N+](=O)[O-])cc1. The zero-order valence-electron chi connectivity index (χ0n) is 18.4. The summed E-state index contributed by atoms with van der Waals surface area (Å²) in [5.74, 6) is -3.77. The number of rotatable bonds is 7. The van der Waals surface area contributed by atoms with Crippen LogP contribution in [0.3, 0.4) is 0 Å². The van der Waals surface area contributed by atoms with Crippen LogP contribution in [0.15, 0.2) is 48.5 Å². The average molecular weight is 480 g/mol. The highest BCUT2D eigenvalue weighted by molar-refractivity contribution is 6.09. The van der Waals surface area contributed by atoms with Crippen LogP contribution in [-0.4, -0.2) is 49.9 Å². The van der Waals surface area contributed by atoms with Crippen molar-refractivity contribution in [2.75, 3.05) is 6.54 Å². The maximum Gasteiger partial charge on any atom is 0.273 e. The van der Waals surface area contributed by atoms with E-state index < -0.39 is 51.7 Å². The van der Waals surface area contributed by atoms with Gasteiger partial charge in [-0.3, -0.25) is 39.4 Å². The highest BCUT2D eigenvalue weighted by atomic mass is 16.6. The highest BCUT2D eigenvalue weighted by Crippen LogP contribution is 2.39.